The Hall–Kier alpha value is -3.77. The Morgan fingerprint density at radius 2 is 1.88 bits per heavy atom. The van der Waals surface area contributed by atoms with Crippen LogP contribution in [0.15, 0.2) is 53.4 Å². The average Bonchev–Trinajstić information content (AvgIpc) is 3.08. The van der Waals surface area contributed by atoms with Crippen molar-refractivity contribution in [2.75, 3.05) is 13.7 Å². The number of rotatable bonds is 7. The van der Waals surface area contributed by atoms with Gasteiger partial charge in [-0.15, -0.1) is 0 Å². The summed E-state index contributed by atoms with van der Waals surface area (Å²) in [7, 11) is 1.54. The van der Waals surface area contributed by atoms with Crippen LogP contribution in [0.4, 0.5) is 5.69 Å². The lowest BCUT2D eigenvalue weighted by atomic mass is 10.2. The topological polar surface area (TPSA) is 131 Å². The summed E-state index contributed by atoms with van der Waals surface area (Å²) >= 11 is 6.40. The normalized spacial score (nSPS) is 14.3. The number of hydrazine groups is 1. The smallest absolute Gasteiger partial charge is 0.269 e. The lowest BCUT2D eigenvalue weighted by Gasteiger charge is -2.14. The third-order valence-corrected chi connectivity index (χ3v) is 5.90. The first kappa shape index (κ1) is 23.9. The zero-order chi connectivity index (χ0) is 24.0. The number of carbonyl (C=O) groups is 3. The Balaban J connectivity index is 1.53. The van der Waals surface area contributed by atoms with E-state index in [1.54, 1.807) is 12.1 Å². The number of nitro benzene ring substituents is 1. The Morgan fingerprint density at radius 1 is 1.18 bits per heavy atom. The number of hydrogen-bond donors (Lipinski definition) is 2. The van der Waals surface area contributed by atoms with E-state index in [9.17, 15) is 24.5 Å². The van der Waals surface area contributed by atoms with Crippen LogP contribution in [-0.4, -0.2) is 45.5 Å². The Labute approximate surface area is 198 Å². The lowest BCUT2D eigenvalue weighted by Crippen LogP contribution is -2.43. The average molecular weight is 487 g/mol. The maximum atomic E-state index is 12.7. The molecule has 2 aromatic carbocycles. The van der Waals surface area contributed by atoms with Gasteiger partial charge in [-0.1, -0.05) is 42.2 Å². The highest BCUT2D eigenvalue weighted by Gasteiger charge is 2.32. The third-order valence-electron chi connectivity index (χ3n) is 4.52. The minimum Gasteiger partial charge on any atom is -0.496 e. The molecule has 2 aromatic rings. The predicted octanol–water partition coefficient (Wildman–Crippen LogP) is 2.66. The number of benzene rings is 2. The number of non-ortho nitro benzene ring substituents is 1. The maximum absolute atomic E-state index is 12.7. The fourth-order valence-corrected chi connectivity index (χ4v) is 4.13. The summed E-state index contributed by atoms with van der Waals surface area (Å²) in [5.41, 5.74) is 5.18. The molecule has 10 nitrogen and oxygen atoms in total. The molecule has 0 aliphatic carbocycles. The summed E-state index contributed by atoms with van der Waals surface area (Å²) in [4.78, 5) is 48.7. The monoisotopic (exact) mass is 486 g/mol. The quantitative estimate of drug-likeness (QED) is 0.264. The number of thioether (sulfide) groups is 1. The molecular weight excluding hydrogens is 468 g/mol. The Morgan fingerprint density at radius 3 is 2.55 bits per heavy atom. The summed E-state index contributed by atoms with van der Waals surface area (Å²) in [6.45, 7) is 0.0349. The zero-order valence-corrected chi connectivity index (χ0v) is 18.9. The van der Waals surface area contributed by atoms with Crippen LogP contribution in [0.1, 0.15) is 22.3 Å². The summed E-state index contributed by atoms with van der Waals surface area (Å²) < 4.78 is 5.61. The molecule has 2 N–H and O–H groups in total. The van der Waals surface area contributed by atoms with Crippen molar-refractivity contribution in [3.63, 3.8) is 0 Å². The number of ether oxygens (including phenoxy) is 1. The maximum Gasteiger partial charge on any atom is 0.269 e. The van der Waals surface area contributed by atoms with Crippen LogP contribution in [0, 0.1) is 10.1 Å². The fourth-order valence-electron chi connectivity index (χ4n) is 2.83. The van der Waals surface area contributed by atoms with Crippen molar-refractivity contribution in [3.05, 3.63) is 74.7 Å². The molecule has 0 unspecified atom stereocenters. The first-order valence-corrected chi connectivity index (χ1v) is 10.7. The van der Waals surface area contributed by atoms with E-state index >= 15 is 0 Å². The van der Waals surface area contributed by atoms with Gasteiger partial charge in [-0.25, -0.2) is 0 Å². The standard InChI is InChI=1S/C21H18N4O6S2/c1-31-16-5-3-2-4-14(16)12-17-20(28)24(21(32)33-17)11-10-18(26)22-23-19(27)13-6-8-15(9-7-13)25(29)30/h2-9,12H,10-11H2,1H3,(H,22,26)(H,23,27)/b17-12-. The SMILES string of the molecule is COc1ccccc1/C=C1\SC(=S)N(CCC(=O)NNC(=O)c2ccc([N+](=O)[O-])cc2)C1=O. The molecule has 0 bridgehead atoms. The second kappa shape index (κ2) is 10.7. The molecule has 170 valence electrons. The van der Waals surface area contributed by atoms with Crippen molar-refractivity contribution in [1.82, 2.24) is 15.8 Å². The molecule has 0 radical (unpaired) electrons. The molecule has 3 rings (SSSR count). The van der Waals surface area contributed by atoms with Gasteiger partial charge in [-0.05, 0) is 24.3 Å². The Kier molecular flexibility index (Phi) is 7.74. The number of hydrogen-bond acceptors (Lipinski definition) is 8. The highest BCUT2D eigenvalue weighted by atomic mass is 32.2. The molecule has 0 atom stereocenters. The van der Waals surface area contributed by atoms with Gasteiger partial charge in [0.15, 0.2) is 0 Å². The number of nitro groups is 1. The van der Waals surface area contributed by atoms with E-state index in [1.807, 2.05) is 18.2 Å². The number of carbonyl (C=O) groups excluding carboxylic acids is 3. The second-order valence-electron chi connectivity index (χ2n) is 6.63. The molecule has 1 saturated heterocycles. The molecule has 0 aromatic heterocycles. The van der Waals surface area contributed by atoms with Gasteiger partial charge in [0.25, 0.3) is 17.5 Å². The predicted molar refractivity (Wildman–Crippen MR) is 126 cm³/mol. The molecule has 0 spiro atoms. The molecule has 1 heterocycles. The van der Waals surface area contributed by atoms with E-state index in [0.717, 1.165) is 17.3 Å². The molecule has 12 heteroatoms. The van der Waals surface area contributed by atoms with Crippen LogP contribution in [0.2, 0.25) is 0 Å². The van der Waals surface area contributed by atoms with Crippen molar-refractivity contribution >= 4 is 57.8 Å². The minimum atomic E-state index is -0.636. The van der Waals surface area contributed by atoms with Crippen molar-refractivity contribution in [2.45, 2.75) is 6.42 Å². The summed E-state index contributed by atoms with van der Waals surface area (Å²) in [6, 6.07) is 12.1. The first-order chi connectivity index (χ1) is 15.8. The van der Waals surface area contributed by atoms with E-state index < -0.39 is 16.7 Å². The van der Waals surface area contributed by atoms with Crippen LogP contribution < -0.4 is 15.6 Å². The van der Waals surface area contributed by atoms with Gasteiger partial charge >= 0.3 is 0 Å². The molecule has 33 heavy (non-hydrogen) atoms. The van der Waals surface area contributed by atoms with Crippen LogP contribution >= 0.6 is 24.0 Å². The molecule has 1 aliphatic rings. The minimum absolute atomic E-state index is 0.0349. The van der Waals surface area contributed by atoms with E-state index in [2.05, 4.69) is 10.9 Å². The first-order valence-electron chi connectivity index (χ1n) is 9.52. The van der Waals surface area contributed by atoms with Crippen molar-refractivity contribution in [3.8, 4) is 5.75 Å². The molecule has 1 aliphatic heterocycles. The van der Waals surface area contributed by atoms with E-state index in [-0.39, 0.29) is 30.1 Å². The van der Waals surface area contributed by atoms with E-state index in [4.69, 9.17) is 17.0 Å². The van der Waals surface area contributed by atoms with Crippen molar-refractivity contribution in [2.24, 2.45) is 0 Å². The largest absolute Gasteiger partial charge is 0.496 e. The lowest BCUT2D eigenvalue weighted by molar-refractivity contribution is -0.384. The number of para-hydroxylation sites is 1. The third kappa shape index (κ3) is 5.93. The molecule has 1 fully saturated rings. The second-order valence-corrected chi connectivity index (χ2v) is 8.31. The van der Waals surface area contributed by atoms with Gasteiger partial charge < -0.3 is 4.74 Å². The van der Waals surface area contributed by atoms with Crippen LogP contribution in [-0.2, 0) is 9.59 Å². The van der Waals surface area contributed by atoms with Gasteiger partial charge in [-0.2, -0.15) is 0 Å². The van der Waals surface area contributed by atoms with Gasteiger partial charge in [-0.3, -0.25) is 40.2 Å². The van der Waals surface area contributed by atoms with Gasteiger partial charge in [0.2, 0.25) is 5.91 Å². The van der Waals surface area contributed by atoms with Gasteiger partial charge in [0, 0.05) is 36.2 Å². The number of amides is 3. The van der Waals surface area contributed by atoms with Crippen LogP contribution in [0.25, 0.3) is 6.08 Å². The zero-order valence-electron chi connectivity index (χ0n) is 17.3. The van der Waals surface area contributed by atoms with E-state index in [1.165, 1.54) is 36.3 Å². The Bertz CT molecular complexity index is 1150. The summed E-state index contributed by atoms with van der Waals surface area (Å²) in [5.74, 6) is -0.874. The number of thiocarbonyl (C=S) groups is 1. The van der Waals surface area contributed by atoms with Gasteiger partial charge in [0.05, 0.1) is 16.9 Å². The van der Waals surface area contributed by atoms with Gasteiger partial charge in [0.1, 0.15) is 10.1 Å². The van der Waals surface area contributed by atoms with Crippen molar-refractivity contribution in [1.29, 1.82) is 0 Å². The van der Waals surface area contributed by atoms with E-state index in [0.29, 0.717) is 15.0 Å². The fraction of sp³-hybridized carbons (Fsp3) is 0.143. The summed E-state index contributed by atoms with van der Waals surface area (Å²) in [5, 5.41) is 10.7. The number of nitrogens with one attached hydrogen (secondary N) is 2. The highest BCUT2D eigenvalue weighted by Crippen LogP contribution is 2.34. The molecule has 3 amide bonds. The molecular formula is C21H18N4O6S2. The highest BCUT2D eigenvalue weighted by molar-refractivity contribution is 8.26. The van der Waals surface area contributed by atoms with Crippen LogP contribution in [0.3, 0.4) is 0 Å². The summed E-state index contributed by atoms with van der Waals surface area (Å²) in [6.07, 6.45) is 1.58. The number of methoxy groups -OCH3 is 1. The molecule has 0 saturated carbocycles. The number of nitrogens with zero attached hydrogens (tertiary/aromatic N) is 2. The van der Waals surface area contributed by atoms with Crippen LogP contribution in [0.5, 0.6) is 5.75 Å². The van der Waals surface area contributed by atoms with Crippen molar-refractivity contribution < 1.29 is 24.0 Å².